The lowest BCUT2D eigenvalue weighted by atomic mass is 10.1. The number of carbonyl (C=O) groups is 1. The van der Waals surface area contributed by atoms with Gasteiger partial charge in [-0.25, -0.2) is 0 Å². The van der Waals surface area contributed by atoms with Crippen LogP contribution in [0.25, 0.3) is 0 Å². The molecule has 0 heterocycles. The number of carbonyl (C=O) groups excluding carboxylic acids is 1. The monoisotopic (exact) mass is 202 g/mol. The molecule has 84 valence electrons. The molecule has 0 aliphatic rings. The first-order chi connectivity index (χ1) is 6.72. The Morgan fingerprint density at radius 2 is 1.79 bits per heavy atom. The normalized spacial score (nSPS) is 12.8. The summed E-state index contributed by atoms with van der Waals surface area (Å²) in [6.45, 7) is 2.18. The summed E-state index contributed by atoms with van der Waals surface area (Å²) in [5.74, 6) is -0.206. The fourth-order valence-electron chi connectivity index (χ4n) is 1.33. The molecule has 0 aliphatic carbocycles. The van der Waals surface area contributed by atoms with Crippen molar-refractivity contribution in [1.82, 2.24) is 0 Å². The predicted molar refractivity (Wildman–Crippen MR) is 56.0 cm³/mol. The third-order valence-electron chi connectivity index (χ3n) is 2.28. The molecule has 0 amide bonds. The van der Waals surface area contributed by atoms with Gasteiger partial charge in [-0.1, -0.05) is 39.0 Å². The van der Waals surface area contributed by atoms with Crippen molar-refractivity contribution >= 4 is 5.78 Å². The minimum absolute atomic E-state index is 0.206. The number of ketones is 1. The Labute approximate surface area is 86.5 Å². The van der Waals surface area contributed by atoms with Crippen LogP contribution in [0.4, 0.5) is 0 Å². The van der Waals surface area contributed by atoms with Gasteiger partial charge >= 0.3 is 0 Å². The van der Waals surface area contributed by atoms with Gasteiger partial charge < -0.3 is 9.84 Å². The summed E-state index contributed by atoms with van der Waals surface area (Å²) in [5.41, 5.74) is 0. The smallest absolute Gasteiger partial charge is 0.215 e. The molecule has 0 rings (SSSR count). The van der Waals surface area contributed by atoms with E-state index in [1.54, 1.807) is 0 Å². The van der Waals surface area contributed by atoms with Gasteiger partial charge in [0.1, 0.15) is 0 Å². The lowest BCUT2D eigenvalue weighted by Crippen LogP contribution is -2.21. The number of hydrogen-bond acceptors (Lipinski definition) is 3. The highest BCUT2D eigenvalue weighted by Crippen LogP contribution is 2.08. The number of methoxy groups -OCH3 is 1. The van der Waals surface area contributed by atoms with Gasteiger partial charge in [0.25, 0.3) is 0 Å². The van der Waals surface area contributed by atoms with E-state index in [0.29, 0.717) is 6.42 Å². The summed E-state index contributed by atoms with van der Waals surface area (Å²) < 4.78 is 4.51. The van der Waals surface area contributed by atoms with Crippen molar-refractivity contribution in [2.24, 2.45) is 0 Å². The summed E-state index contributed by atoms with van der Waals surface area (Å²) in [4.78, 5) is 11.1. The second-order valence-electron chi connectivity index (χ2n) is 3.57. The van der Waals surface area contributed by atoms with Gasteiger partial charge in [-0.05, 0) is 6.42 Å². The number of aliphatic hydroxyl groups excluding tert-OH is 1. The maximum Gasteiger partial charge on any atom is 0.215 e. The van der Waals surface area contributed by atoms with E-state index in [2.05, 4.69) is 11.7 Å². The molecule has 14 heavy (non-hydrogen) atoms. The van der Waals surface area contributed by atoms with Crippen LogP contribution in [0.15, 0.2) is 0 Å². The van der Waals surface area contributed by atoms with E-state index in [9.17, 15) is 4.79 Å². The van der Waals surface area contributed by atoms with Crippen LogP contribution in [0.5, 0.6) is 0 Å². The maximum absolute atomic E-state index is 11.1. The number of aliphatic hydroxyl groups is 1. The highest BCUT2D eigenvalue weighted by Gasteiger charge is 2.12. The minimum Gasteiger partial charge on any atom is -0.362 e. The lowest BCUT2D eigenvalue weighted by molar-refractivity contribution is -0.150. The molecule has 0 saturated heterocycles. The number of ether oxygens (including phenoxy) is 1. The number of hydrogen-bond donors (Lipinski definition) is 1. The molecule has 0 fully saturated rings. The topological polar surface area (TPSA) is 46.5 Å². The zero-order chi connectivity index (χ0) is 10.8. The Hall–Kier alpha value is -0.410. The summed E-state index contributed by atoms with van der Waals surface area (Å²) >= 11 is 0. The largest absolute Gasteiger partial charge is 0.362 e. The standard InChI is InChI=1S/C11H22O3/c1-3-4-5-6-7-8-9-10(12)11(13)14-2/h11,13H,3-9H2,1-2H3. The number of Topliss-reactive ketones (excluding diaryl/α,β-unsaturated/α-hetero) is 1. The average Bonchev–Trinajstić information content (AvgIpc) is 2.21. The summed E-state index contributed by atoms with van der Waals surface area (Å²) in [7, 11) is 1.34. The molecule has 1 unspecified atom stereocenters. The van der Waals surface area contributed by atoms with E-state index in [0.717, 1.165) is 12.8 Å². The molecule has 0 spiro atoms. The van der Waals surface area contributed by atoms with E-state index in [-0.39, 0.29) is 5.78 Å². The van der Waals surface area contributed by atoms with Crippen LogP contribution in [0.2, 0.25) is 0 Å². The van der Waals surface area contributed by atoms with Gasteiger partial charge in [-0.2, -0.15) is 0 Å². The zero-order valence-corrected chi connectivity index (χ0v) is 9.29. The zero-order valence-electron chi connectivity index (χ0n) is 9.29. The van der Waals surface area contributed by atoms with E-state index in [4.69, 9.17) is 5.11 Å². The molecular weight excluding hydrogens is 180 g/mol. The van der Waals surface area contributed by atoms with E-state index in [1.807, 2.05) is 0 Å². The lowest BCUT2D eigenvalue weighted by Gasteiger charge is -2.06. The second kappa shape index (κ2) is 9.16. The van der Waals surface area contributed by atoms with E-state index >= 15 is 0 Å². The summed E-state index contributed by atoms with van der Waals surface area (Å²) in [6.07, 6.45) is 6.09. The van der Waals surface area contributed by atoms with E-state index in [1.165, 1.54) is 32.8 Å². The van der Waals surface area contributed by atoms with Crippen LogP contribution in [-0.4, -0.2) is 24.3 Å². The van der Waals surface area contributed by atoms with Crippen LogP contribution in [0.1, 0.15) is 51.9 Å². The van der Waals surface area contributed by atoms with E-state index < -0.39 is 6.29 Å². The van der Waals surface area contributed by atoms with Gasteiger partial charge in [-0.3, -0.25) is 4.79 Å². The third kappa shape index (κ3) is 7.04. The molecule has 0 aromatic rings. The fraction of sp³-hybridized carbons (Fsp3) is 0.909. The number of unbranched alkanes of at least 4 members (excludes halogenated alkanes) is 5. The summed E-state index contributed by atoms with van der Waals surface area (Å²) in [5, 5.41) is 9.00. The first-order valence-corrected chi connectivity index (χ1v) is 5.46. The van der Waals surface area contributed by atoms with Gasteiger partial charge in [0, 0.05) is 13.5 Å². The SMILES string of the molecule is CCCCCCCCC(=O)C(O)OC. The molecule has 1 N–H and O–H groups in total. The molecule has 0 aliphatic heterocycles. The Morgan fingerprint density at radius 3 is 2.36 bits per heavy atom. The highest BCUT2D eigenvalue weighted by atomic mass is 16.6. The van der Waals surface area contributed by atoms with Crippen LogP contribution in [0.3, 0.4) is 0 Å². The Morgan fingerprint density at radius 1 is 1.21 bits per heavy atom. The van der Waals surface area contributed by atoms with Crippen LogP contribution in [-0.2, 0) is 9.53 Å². The molecule has 0 aromatic heterocycles. The van der Waals surface area contributed by atoms with Crippen molar-refractivity contribution in [1.29, 1.82) is 0 Å². The molecular formula is C11H22O3. The van der Waals surface area contributed by atoms with Crippen molar-refractivity contribution in [3.8, 4) is 0 Å². The van der Waals surface area contributed by atoms with Crippen LogP contribution >= 0.6 is 0 Å². The summed E-state index contributed by atoms with van der Waals surface area (Å²) in [6, 6.07) is 0. The van der Waals surface area contributed by atoms with Crippen molar-refractivity contribution in [3.63, 3.8) is 0 Å². The molecule has 1 atom stereocenters. The van der Waals surface area contributed by atoms with Gasteiger partial charge in [0.05, 0.1) is 0 Å². The molecule has 0 bridgehead atoms. The first-order valence-electron chi connectivity index (χ1n) is 5.46. The molecule has 0 aromatic carbocycles. The Bertz CT molecular complexity index is 145. The number of rotatable bonds is 9. The average molecular weight is 202 g/mol. The molecule has 0 radical (unpaired) electrons. The van der Waals surface area contributed by atoms with Crippen molar-refractivity contribution in [2.75, 3.05) is 7.11 Å². The molecule has 3 nitrogen and oxygen atoms in total. The van der Waals surface area contributed by atoms with Gasteiger partial charge in [0.2, 0.25) is 6.29 Å². The van der Waals surface area contributed by atoms with Gasteiger partial charge in [-0.15, -0.1) is 0 Å². The van der Waals surface area contributed by atoms with Crippen LogP contribution < -0.4 is 0 Å². The predicted octanol–water partition coefficient (Wildman–Crippen LogP) is 2.27. The van der Waals surface area contributed by atoms with Gasteiger partial charge in [0.15, 0.2) is 5.78 Å². The molecule has 0 saturated carbocycles. The maximum atomic E-state index is 11.1. The highest BCUT2D eigenvalue weighted by molar-refractivity contribution is 5.81. The van der Waals surface area contributed by atoms with Crippen molar-refractivity contribution in [3.05, 3.63) is 0 Å². The van der Waals surface area contributed by atoms with Crippen LogP contribution in [0, 0.1) is 0 Å². The van der Waals surface area contributed by atoms with Crippen molar-refractivity contribution < 1.29 is 14.6 Å². The minimum atomic E-state index is -1.22. The third-order valence-corrected chi connectivity index (χ3v) is 2.28. The second-order valence-corrected chi connectivity index (χ2v) is 3.57. The molecule has 3 heteroatoms. The Balaban J connectivity index is 3.23. The fourth-order valence-corrected chi connectivity index (χ4v) is 1.33. The van der Waals surface area contributed by atoms with Crippen molar-refractivity contribution in [2.45, 2.75) is 58.2 Å². The Kier molecular flexibility index (Phi) is 8.89. The first kappa shape index (κ1) is 13.6. The quantitative estimate of drug-likeness (QED) is 0.461.